The van der Waals surface area contributed by atoms with Gasteiger partial charge in [0.05, 0.1) is 18.1 Å². The second-order valence-corrected chi connectivity index (χ2v) is 6.75. The van der Waals surface area contributed by atoms with Crippen molar-refractivity contribution < 1.29 is 13.2 Å². The molecular weight excluding hydrogens is 306 g/mol. The highest BCUT2D eigenvalue weighted by Crippen LogP contribution is 2.23. The van der Waals surface area contributed by atoms with Crippen molar-refractivity contribution in [1.29, 1.82) is 0 Å². The molecule has 1 saturated heterocycles. The molecule has 17 heavy (non-hydrogen) atoms. The Morgan fingerprint density at radius 2 is 1.94 bits per heavy atom. The maximum Gasteiger partial charge on any atom is 0.243 e. The van der Waals surface area contributed by atoms with Gasteiger partial charge in [-0.2, -0.15) is 4.31 Å². The Labute approximate surface area is 110 Å². The van der Waals surface area contributed by atoms with Crippen molar-refractivity contribution in [2.24, 2.45) is 0 Å². The van der Waals surface area contributed by atoms with Crippen LogP contribution in [0.1, 0.15) is 5.56 Å². The first-order chi connectivity index (χ1) is 8.01. The maximum absolute atomic E-state index is 12.4. The standard InChI is InChI=1S/C11H14BrNO3S/c1-9-8-10(12)2-3-11(9)17(14,15)13-4-6-16-7-5-13/h2-3,8H,4-7H2,1H3. The summed E-state index contributed by atoms with van der Waals surface area (Å²) in [6.07, 6.45) is 0. The van der Waals surface area contributed by atoms with Gasteiger partial charge in [-0.25, -0.2) is 8.42 Å². The van der Waals surface area contributed by atoms with Crippen molar-refractivity contribution in [2.45, 2.75) is 11.8 Å². The smallest absolute Gasteiger partial charge is 0.243 e. The van der Waals surface area contributed by atoms with E-state index in [2.05, 4.69) is 15.9 Å². The van der Waals surface area contributed by atoms with Gasteiger partial charge in [0, 0.05) is 17.6 Å². The van der Waals surface area contributed by atoms with E-state index >= 15 is 0 Å². The van der Waals surface area contributed by atoms with E-state index in [1.54, 1.807) is 19.1 Å². The third kappa shape index (κ3) is 2.70. The van der Waals surface area contributed by atoms with Crippen LogP contribution >= 0.6 is 15.9 Å². The summed E-state index contributed by atoms with van der Waals surface area (Å²) in [5.74, 6) is 0. The van der Waals surface area contributed by atoms with E-state index < -0.39 is 10.0 Å². The van der Waals surface area contributed by atoms with Crippen LogP contribution < -0.4 is 0 Å². The minimum Gasteiger partial charge on any atom is -0.379 e. The van der Waals surface area contributed by atoms with E-state index in [4.69, 9.17) is 4.74 Å². The molecule has 94 valence electrons. The van der Waals surface area contributed by atoms with Gasteiger partial charge in [0.2, 0.25) is 10.0 Å². The highest BCUT2D eigenvalue weighted by atomic mass is 79.9. The molecule has 1 aromatic carbocycles. The number of nitrogens with zero attached hydrogens (tertiary/aromatic N) is 1. The molecule has 0 N–H and O–H groups in total. The fourth-order valence-electron chi connectivity index (χ4n) is 1.83. The molecule has 0 spiro atoms. The average molecular weight is 320 g/mol. The van der Waals surface area contributed by atoms with Crippen LogP contribution in [0.4, 0.5) is 0 Å². The topological polar surface area (TPSA) is 46.6 Å². The zero-order valence-electron chi connectivity index (χ0n) is 9.52. The van der Waals surface area contributed by atoms with Crippen molar-refractivity contribution in [1.82, 2.24) is 4.31 Å². The van der Waals surface area contributed by atoms with Gasteiger partial charge in [0.15, 0.2) is 0 Å². The molecule has 1 aromatic rings. The Bertz CT molecular complexity index is 509. The minimum atomic E-state index is -3.38. The van der Waals surface area contributed by atoms with Crippen molar-refractivity contribution in [3.8, 4) is 0 Å². The first kappa shape index (κ1) is 13.0. The minimum absolute atomic E-state index is 0.377. The molecule has 1 aliphatic heterocycles. The van der Waals surface area contributed by atoms with Crippen molar-refractivity contribution in [3.05, 3.63) is 28.2 Å². The summed E-state index contributed by atoms with van der Waals surface area (Å²) in [6.45, 7) is 3.59. The lowest BCUT2D eigenvalue weighted by molar-refractivity contribution is 0.0730. The molecular formula is C11H14BrNO3S. The van der Waals surface area contributed by atoms with Gasteiger partial charge in [0.25, 0.3) is 0 Å². The van der Waals surface area contributed by atoms with Crippen LogP contribution in [0.2, 0.25) is 0 Å². The summed E-state index contributed by atoms with van der Waals surface area (Å²) in [5.41, 5.74) is 0.755. The monoisotopic (exact) mass is 319 g/mol. The quantitative estimate of drug-likeness (QED) is 0.834. The number of benzene rings is 1. The number of halogens is 1. The average Bonchev–Trinajstić information content (AvgIpc) is 2.29. The molecule has 0 atom stereocenters. The first-order valence-corrected chi connectivity index (χ1v) is 7.59. The Balaban J connectivity index is 2.37. The molecule has 0 radical (unpaired) electrons. The SMILES string of the molecule is Cc1cc(Br)ccc1S(=O)(=O)N1CCOCC1. The van der Waals surface area contributed by atoms with E-state index in [1.807, 2.05) is 6.07 Å². The predicted molar refractivity (Wildman–Crippen MR) is 68.5 cm³/mol. The molecule has 1 aliphatic rings. The van der Waals surface area contributed by atoms with E-state index in [0.717, 1.165) is 10.0 Å². The lowest BCUT2D eigenvalue weighted by Gasteiger charge is -2.26. The zero-order chi connectivity index (χ0) is 12.5. The first-order valence-electron chi connectivity index (χ1n) is 5.36. The molecule has 0 unspecified atom stereocenters. The van der Waals surface area contributed by atoms with Crippen LogP contribution in [-0.2, 0) is 14.8 Å². The van der Waals surface area contributed by atoms with Crippen LogP contribution in [0.5, 0.6) is 0 Å². The van der Waals surface area contributed by atoms with Gasteiger partial charge in [-0.05, 0) is 30.7 Å². The molecule has 0 bridgehead atoms. The van der Waals surface area contributed by atoms with Crippen LogP contribution in [0.15, 0.2) is 27.6 Å². The fraction of sp³-hybridized carbons (Fsp3) is 0.455. The number of morpholine rings is 1. The van der Waals surface area contributed by atoms with Gasteiger partial charge in [0.1, 0.15) is 0 Å². The summed E-state index contributed by atoms with van der Waals surface area (Å²) < 4.78 is 32.3. The molecule has 0 saturated carbocycles. The van der Waals surface area contributed by atoms with Crippen LogP contribution in [-0.4, -0.2) is 39.0 Å². The highest BCUT2D eigenvalue weighted by molar-refractivity contribution is 9.10. The fourth-order valence-corrected chi connectivity index (χ4v) is 3.92. The van der Waals surface area contributed by atoms with Gasteiger partial charge in [-0.3, -0.25) is 0 Å². The molecule has 0 aromatic heterocycles. The highest BCUT2D eigenvalue weighted by Gasteiger charge is 2.27. The normalized spacial score (nSPS) is 18.2. The Morgan fingerprint density at radius 1 is 1.29 bits per heavy atom. The van der Waals surface area contributed by atoms with Gasteiger partial charge < -0.3 is 4.74 Å². The second-order valence-electron chi connectivity index (χ2n) is 3.93. The summed E-state index contributed by atoms with van der Waals surface area (Å²) in [7, 11) is -3.38. The number of hydrogen-bond donors (Lipinski definition) is 0. The summed E-state index contributed by atoms with van der Waals surface area (Å²) in [5, 5.41) is 0. The van der Waals surface area contributed by atoms with E-state index in [0.29, 0.717) is 31.2 Å². The third-order valence-electron chi connectivity index (χ3n) is 2.72. The number of ether oxygens (including phenoxy) is 1. The Kier molecular flexibility index (Phi) is 3.87. The lowest BCUT2D eigenvalue weighted by atomic mass is 10.2. The summed E-state index contributed by atoms with van der Waals surface area (Å²) in [4.78, 5) is 0.377. The predicted octanol–water partition coefficient (Wildman–Crippen LogP) is 1.78. The number of rotatable bonds is 2. The Hall–Kier alpha value is -0.430. The number of aryl methyl sites for hydroxylation is 1. The van der Waals surface area contributed by atoms with Crippen LogP contribution in [0.3, 0.4) is 0 Å². The maximum atomic E-state index is 12.4. The largest absolute Gasteiger partial charge is 0.379 e. The van der Waals surface area contributed by atoms with Crippen molar-refractivity contribution >= 4 is 26.0 Å². The van der Waals surface area contributed by atoms with Crippen molar-refractivity contribution in [3.63, 3.8) is 0 Å². The molecule has 1 fully saturated rings. The summed E-state index contributed by atoms with van der Waals surface area (Å²) in [6, 6.07) is 5.21. The molecule has 1 heterocycles. The summed E-state index contributed by atoms with van der Waals surface area (Å²) >= 11 is 3.33. The molecule has 6 heteroatoms. The van der Waals surface area contributed by atoms with Crippen LogP contribution in [0, 0.1) is 6.92 Å². The van der Waals surface area contributed by atoms with E-state index in [9.17, 15) is 8.42 Å². The number of sulfonamides is 1. The third-order valence-corrected chi connectivity index (χ3v) is 5.28. The van der Waals surface area contributed by atoms with Gasteiger partial charge in [-0.15, -0.1) is 0 Å². The second kappa shape index (κ2) is 5.06. The molecule has 0 aliphatic carbocycles. The van der Waals surface area contributed by atoms with E-state index in [-0.39, 0.29) is 0 Å². The molecule has 4 nitrogen and oxygen atoms in total. The zero-order valence-corrected chi connectivity index (χ0v) is 11.9. The molecule has 2 rings (SSSR count). The Morgan fingerprint density at radius 3 is 2.53 bits per heavy atom. The van der Waals surface area contributed by atoms with Gasteiger partial charge >= 0.3 is 0 Å². The van der Waals surface area contributed by atoms with Crippen LogP contribution in [0.25, 0.3) is 0 Å². The lowest BCUT2D eigenvalue weighted by Crippen LogP contribution is -2.40. The molecule has 0 amide bonds. The van der Waals surface area contributed by atoms with Gasteiger partial charge in [-0.1, -0.05) is 15.9 Å². The van der Waals surface area contributed by atoms with E-state index in [1.165, 1.54) is 4.31 Å². The van der Waals surface area contributed by atoms with Crippen molar-refractivity contribution in [2.75, 3.05) is 26.3 Å². The number of hydrogen-bond acceptors (Lipinski definition) is 3.